The number of nitrogens with zero attached hydrogens (tertiary/aromatic N) is 1. The summed E-state index contributed by atoms with van der Waals surface area (Å²) in [5.41, 5.74) is 0.542. The van der Waals surface area contributed by atoms with E-state index in [0.717, 1.165) is 4.90 Å². The van der Waals surface area contributed by atoms with E-state index in [2.05, 4.69) is 5.32 Å². The predicted octanol–water partition coefficient (Wildman–Crippen LogP) is 2.42. The molecule has 1 saturated heterocycles. The van der Waals surface area contributed by atoms with Crippen LogP contribution in [0.1, 0.15) is 13.8 Å². The van der Waals surface area contributed by atoms with Crippen molar-refractivity contribution in [2.75, 3.05) is 4.90 Å². The minimum Gasteiger partial charge on any atom is -0.325 e. The summed E-state index contributed by atoms with van der Waals surface area (Å²) in [6, 6.07) is 5.79. The number of rotatable bonds is 2. The molecule has 1 aromatic rings. The van der Waals surface area contributed by atoms with Crippen LogP contribution in [-0.4, -0.2) is 18.0 Å². The van der Waals surface area contributed by atoms with Gasteiger partial charge in [-0.25, -0.2) is 9.69 Å². The smallest absolute Gasteiger partial charge is 0.325 e. The molecule has 0 unspecified atom stereocenters. The second-order valence-corrected chi connectivity index (χ2v) is 4.76. The Kier molecular flexibility index (Phi) is 3.07. The summed E-state index contributed by atoms with van der Waals surface area (Å²) in [4.78, 5) is 25.0. The molecule has 1 atom stereocenters. The standard InChI is InChI=1S/C12H13ClN2O2/c1-7(2)10-11(16)15(12(17)14-10)9-5-3-8(13)4-6-9/h3-7,10H,1-2H3,(H,14,17)/t10-/m0/s1. The van der Waals surface area contributed by atoms with Gasteiger partial charge in [0.2, 0.25) is 0 Å². The van der Waals surface area contributed by atoms with E-state index >= 15 is 0 Å². The summed E-state index contributed by atoms with van der Waals surface area (Å²) >= 11 is 5.77. The van der Waals surface area contributed by atoms with Crippen LogP contribution in [-0.2, 0) is 4.79 Å². The third-order valence-corrected chi connectivity index (χ3v) is 2.97. The van der Waals surface area contributed by atoms with Gasteiger partial charge in [-0.1, -0.05) is 25.4 Å². The van der Waals surface area contributed by atoms with Gasteiger partial charge in [0.1, 0.15) is 6.04 Å². The lowest BCUT2D eigenvalue weighted by atomic mass is 10.0. The second-order valence-electron chi connectivity index (χ2n) is 4.32. The molecule has 1 fully saturated rings. The van der Waals surface area contributed by atoms with Crippen LogP contribution in [0, 0.1) is 5.92 Å². The van der Waals surface area contributed by atoms with Crippen LogP contribution < -0.4 is 10.2 Å². The van der Waals surface area contributed by atoms with Gasteiger partial charge in [-0.2, -0.15) is 0 Å². The number of urea groups is 1. The molecule has 1 aliphatic rings. The first-order chi connectivity index (χ1) is 8.00. The number of hydrogen-bond acceptors (Lipinski definition) is 2. The molecule has 2 rings (SSSR count). The summed E-state index contributed by atoms with van der Waals surface area (Å²) in [6.07, 6.45) is 0. The fourth-order valence-corrected chi connectivity index (χ4v) is 1.91. The first-order valence-corrected chi connectivity index (χ1v) is 5.78. The van der Waals surface area contributed by atoms with Gasteiger partial charge in [0, 0.05) is 5.02 Å². The predicted molar refractivity (Wildman–Crippen MR) is 66.1 cm³/mol. The van der Waals surface area contributed by atoms with E-state index in [1.165, 1.54) is 0 Å². The van der Waals surface area contributed by atoms with E-state index in [4.69, 9.17) is 11.6 Å². The fourth-order valence-electron chi connectivity index (χ4n) is 1.78. The molecule has 3 amide bonds. The number of imide groups is 1. The molecule has 1 heterocycles. The van der Waals surface area contributed by atoms with Gasteiger partial charge < -0.3 is 5.32 Å². The number of amides is 3. The number of carbonyl (C=O) groups excluding carboxylic acids is 2. The molecule has 0 aromatic heterocycles. The maximum Gasteiger partial charge on any atom is 0.329 e. The van der Waals surface area contributed by atoms with Crippen molar-refractivity contribution in [2.45, 2.75) is 19.9 Å². The summed E-state index contributed by atoms with van der Waals surface area (Å²) in [6.45, 7) is 3.79. The zero-order chi connectivity index (χ0) is 12.6. The molecule has 0 bridgehead atoms. The minimum absolute atomic E-state index is 0.0729. The summed E-state index contributed by atoms with van der Waals surface area (Å²) in [5, 5.41) is 3.24. The number of benzene rings is 1. The third kappa shape index (κ3) is 2.13. The highest BCUT2D eigenvalue weighted by Gasteiger charge is 2.40. The van der Waals surface area contributed by atoms with E-state index in [-0.39, 0.29) is 17.9 Å². The van der Waals surface area contributed by atoms with Gasteiger partial charge >= 0.3 is 6.03 Å². The summed E-state index contributed by atoms with van der Waals surface area (Å²) in [5.74, 6) is -0.143. The van der Waals surface area contributed by atoms with Crippen LogP contribution in [0.2, 0.25) is 5.02 Å². The summed E-state index contributed by atoms with van der Waals surface area (Å²) < 4.78 is 0. The zero-order valence-electron chi connectivity index (χ0n) is 9.61. The molecule has 1 aliphatic heterocycles. The number of anilines is 1. The van der Waals surface area contributed by atoms with Crippen molar-refractivity contribution in [3.8, 4) is 0 Å². The van der Waals surface area contributed by atoms with Crippen LogP contribution in [0.15, 0.2) is 24.3 Å². The van der Waals surface area contributed by atoms with Gasteiger partial charge in [-0.15, -0.1) is 0 Å². The first kappa shape index (κ1) is 11.9. The van der Waals surface area contributed by atoms with E-state index < -0.39 is 6.04 Å². The lowest BCUT2D eigenvalue weighted by molar-refractivity contribution is -0.119. The van der Waals surface area contributed by atoms with Crippen LogP contribution in [0.4, 0.5) is 10.5 Å². The highest BCUT2D eigenvalue weighted by molar-refractivity contribution is 6.30. The molecule has 0 saturated carbocycles. The number of nitrogens with one attached hydrogen (secondary N) is 1. The molecule has 1 N–H and O–H groups in total. The lowest BCUT2D eigenvalue weighted by Crippen LogP contribution is -2.34. The van der Waals surface area contributed by atoms with Gasteiger partial charge in [-0.05, 0) is 30.2 Å². The van der Waals surface area contributed by atoms with Crippen molar-refractivity contribution in [1.82, 2.24) is 5.32 Å². The second kappa shape index (κ2) is 4.37. The molecule has 90 valence electrons. The molecule has 0 radical (unpaired) electrons. The Labute approximate surface area is 105 Å². The maximum absolute atomic E-state index is 12.1. The van der Waals surface area contributed by atoms with Gasteiger partial charge in [0.05, 0.1) is 5.69 Å². The van der Waals surface area contributed by atoms with Crippen LogP contribution >= 0.6 is 11.6 Å². The number of hydrogen-bond donors (Lipinski definition) is 1. The summed E-state index contributed by atoms with van der Waals surface area (Å²) in [7, 11) is 0. The number of halogens is 1. The molecule has 0 spiro atoms. The van der Waals surface area contributed by atoms with Crippen molar-refractivity contribution in [2.24, 2.45) is 5.92 Å². The minimum atomic E-state index is -0.446. The van der Waals surface area contributed by atoms with E-state index in [1.54, 1.807) is 24.3 Å². The van der Waals surface area contributed by atoms with Gasteiger partial charge in [-0.3, -0.25) is 4.79 Å². The maximum atomic E-state index is 12.1. The average Bonchev–Trinajstić information content (AvgIpc) is 2.56. The van der Waals surface area contributed by atoms with Crippen molar-refractivity contribution in [3.63, 3.8) is 0 Å². The Morgan fingerprint density at radius 2 is 1.82 bits per heavy atom. The SMILES string of the molecule is CC(C)[C@@H]1NC(=O)N(c2ccc(Cl)cc2)C1=O. The average molecular weight is 253 g/mol. The molecule has 5 heteroatoms. The van der Waals surface area contributed by atoms with Crippen LogP contribution in [0.5, 0.6) is 0 Å². The monoisotopic (exact) mass is 252 g/mol. The van der Waals surface area contributed by atoms with Crippen molar-refractivity contribution >= 4 is 29.2 Å². The molecular formula is C12H13ClN2O2. The van der Waals surface area contributed by atoms with E-state index in [9.17, 15) is 9.59 Å². The zero-order valence-corrected chi connectivity index (χ0v) is 10.4. The molecule has 0 aliphatic carbocycles. The fraction of sp³-hybridized carbons (Fsp3) is 0.333. The Morgan fingerprint density at radius 1 is 1.24 bits per heavy atom. The first-order valence-electron chi connectivity index (χ1n) is 5.40. The van der Waals surface area contributed by atoms with Crippen LogP contribution in [0.3, 0.4) is 0 Å². The van der Waals surface area contributed by atoms with Gasteiger partial charge in [0.25, 0.3) is 5.91 Å². The topological polar surface area (TPSA) is 49.4 Å². The highest BCUT2D eigenvalue weighted by Crippen LogP contribution is 2.23. The highest BCUT2D eigenvalue weighted by atomic mass is 35.5. The Morgan fingerprint density at radius 3 is 2.29 bits per heavy atom. The number of carbonyl (C=O) groups is 2. The third-order valence-electron chi connectivity index (χ3n) is 2.72. The molecule has 4 nitrogen and oxygen atoms in total. The van der Waals surface area contributed by atoms with Crippen molar-refractivity contribution in [1.29, 1.82) is 0 Å². The van der Waals surface area contributed by atoms with E-state index in [0.29, 0.717) is 10.7 Å². The quantitative estimate of drug-likeness (QED) is 0.822. The van der Waals surface area contributed by atoms with Crippen molar-refractivity contribution in [3.05, 3.63) is 29.3 Å². The van der Waals surface area contributed by atoms with Crippen LogP contribution in [0.25, 0.3) is 0 Å². The van der Waals surface area contributed by atoms with Gasteiger partial charge in [0.15, 0.2) is 0 Å². The Hall–Kier alpha value is -1.55. The molecular weight excluding hydrogens is 240 g/mol. The lowest BCUT2D eigenvalue weighted by Gasteiger charge is -2.14. The van der Waals surface area contributed by atoms with E-state index in [1.807, 2.05) is 13.8 Å². The normalized spacial score (nSPS) is 20.0. The van der Waals surface area contributed by atoms with Crippen molar-refractivity contribution < 1.29 is 9.59 Å². The Balaban J connectivity index is 2.30. The molecule has 17 heavy (non-hydrogen) atoms. The Bertz CT molecular complexity index is 456. The molecule has 1 aromatic carbocycles. The largest absolute Gasteiger partial charge is 0.329 e.